The smallest absolute Gasteiger partial charge is 0.135 e. The van der Waals surface area contributed by atoms with Gasteiger partial charge in [0.25, 0.3) is 0 Å². The van der Waals surface area contributed by atoms with Gasteiger partial charge < -0.3 is 0 Å². The van der Waals surface area contributed by atoms with Crippen molar-refractivity contribution in [2.45, 2.75) is 47.0 Å². The first-order chi connectivity index (χ1) is 6.04. The first kappa shape index (κ1) is 12.4. The van der Waals surface area contributed by atoms with E-state index in [0.29, 0.717) is 11.7 Å². The quantitative estimate of drug-likeness (QED) is 0.453. The number of rotatable bonds is 6. The molecule has 0 spiro atoms. The fourth-order valence-electron chi connectivity index (χ4n) is 1.05. The number of Topliss-reactive ketones (excluding diaryl/α,β-unsaturated/α-hetero) is 1. The first-order valence-corrected chi connectivity index (χ1v) is 5.23. The molecule has 0 fully saturated rings. The lowest BCUT2D eigenvalue weighted by Crippen LogP contribution is -2.05. The lowest BCUT2D eigenvalue weighted by Gasteiger charge is -2.01. The summed E-state index contributed by atoms with van der Waals surface area (Å²) in [5.74, 6) is 1.22. The molecule has 76 valence electrons. The SMILES string of the molecule is CC(C)/C=C/CCCC(=O)C(C)C. The van der Waals surface area contributed by atoms with E-state index in [9.17, 15) is 4.79 Å². The van der Waals surface area contributed by atoms with E-state index < -0.39 is 0 Å². The highest BCUT2D eigenvalue weighted by Gasteiger charge is 2.04. The maximum atomic E-state index is 11.2. The Kier molecular flexibility index (Phi) is 6.56. The van der Waals surface area contributed by atoms with Gasteiger partial charge in [0.2, 0.25) is 0 Å². The van der Waals surface area contributed by atoms with Crippen LogP contribution in [-0.2, 0) is 4.79 Å². The summed E-state index contributed by atoms with van der Waals surface area (Å²) in [7, 11) is 0. The van der Waals surface area contributed by atoms with Crippen molar-refractivity contribution in [1.82, 2.24) is 0 Å². The van der Waals surface area contributed by atoms with Gasteiger partial charge in [-0.15, -0.1) is 0 Å². The van der Waals surface area contributed by atoms with E-state index in [0.717, 1.165) is 19.3 Å². The highest BCUT2D eigenvalue weighted by Crippen LogP contribution is 2.05. The van der Waals surface area contributed by atoms with Crippen LogP contribution < -0.4 is 0 Å². The summed E-state index contributed by atoms with van der Waals surface area (Å²) in [5.41, 5.74) is 0. The van der Waals surface area contributed by atoms with Crippen LogP contribution in [0.1, 0.15) is 47.0 Å². The van der Waals surface area contributed by atoms with Crippen LogP contribution in [0.3, 0.4) is 0 Å². The molecular weight excluding hydrogens is 160 g/mol. The topological polar surface area (TPSA) is 17.1 Å². The number of carbonyl (C=O) groups excluding carboxylic acids is 1. The summed E-state index contributed by atoms with van der Waals surface area (Å²) < 4.78 is 0. The number of ketones is 1. The van der Waals surface area contributed by atoms with Gasteiger partial charge in [-0.2, -0.15) is 0 Å². The molecule has 0 aromatic heterocycles. The molecule has 0 aromatic carbocycles. The second kappa shape index (κ2) is 6.88. The van der Waals surface area contributed by atoms with Crippen molar-refractivity contribution in [3.8, 4) is 0 Å². The normalized spacial score (nSPS) is 11.8. The second-order valence-corrected chi connectivity index (χ2v) is 4.19. The average molecular weight is 182 g/mol. The Morgan fingerprint density at radius 2 is 1.85 bits per heavy atom. The summed E-state index contributed by atoms with van der Waals surface area (Å²) in [6.07, 6.45) is 7.15. The van der Waals surface area contributed by atoms with Gasteiger partial charge in [-0.1, -0.05) is 39.8 Å². The molecule has 0 heterocycles. The van der Waals surface area contributed by atoms with Crippen LogP contribution >= 0.6 is 0 Å². The van der Waals surface area contributed by atoms with E-state index >= 15 is 0 Å². The van der Waals surface area contributed by atoms with Crippen LogP contribution in [0.2, 0.25) is 0 Å². The van der Waals surface area contributed by atoms with Crippen molar-refractivity contribution in [1.29, 1.82) is 0 Å². The number of hydrogen-bond acceptors (Lipinski definition) is 1. The molecule has 0 bridgehead atoms. The van der Waals surface area contributed by atoms with Crippen molar-refractivity contribution in [2.75, 3.05) is 0 Å². The molecule has 0 amide bonds. The number of carbonyl (C=O) groups is 1. The molecule has 0 atom stereocenters. The minimum absolute atomic E-state index is 0.203. The van der Waals surface area contributed by atoms with Gasteiger partial charge in [0.05, 0.1) is 0 Å². The summed E-state index contributed by atoms with van der Waals surface area (Å²) in [4.78, 5) is 11.2. The molecule has 0 aliphatic carbocycles. The third-order valence-corrected chi connectivity index (χ3v) is 1.96. The Labute approximate surface area is 82.2 Å². The third kappa shape index (κ3) is 7.76. The van der Waals surface area contributed by atoms with E-state index in [2.05, 4.69) is 26.0 Å². The molecule has 0 N–H and O–H groups in total. The zero-order valence-corrected chi connectivity index (χ0v) is 9.34. The Bertz CT molecular complexity index is 166. The molecule has 0 saturated carbocycles. The third-order valence-electron chi connectivity index (χ3n) is 1.96. The molecule has 0 aromatic rings. The molecular formula is C12H22O. The van der Waals surface area contributed by atoms with Gasteiger partial charge in [-0.25, -0.2) is 0 Å². The van der Waals surface area contributed by atoms with Crippen LogP contribution in [0.25, 0.3) is 0 Å². The number of hydrogen-bond donors (Lipinski definition) is 0. The highest BCUT2D eigenvalue weighted by atomic mass is 16.1. The Hall–Kier alpha value is -0.590. The highest BCUT2D eigenvalue weighted by molar-refractivity contribution is 5.80. The predicted molar refractivity (Wildman–Crippen MR) is 57.7 cm³/mol. The molecule has 0 saturated heterocycles. The van der Waals surface area contributed by atoms with Crippen LogP contribution in [0.5, 0.6) is 0 Å². The maximum absolute atomic E-state index is 11.2. The van der Waals surface area contributed by atoms with E-state index in [4.69, 9.17) is 0 Å². The van der Waals surface area contributed by atoms with Gasteiger partial charge in [-0.3, -0.25) is 4.79 Å². The fourth-order valence-corrected chi connectivity index (χ4v) is 1.05. The van der Waals surface area contributed by atoms with E-state index in [-0.39, 0.29) is 5.92 Å². The summed E-state index contributed by atoms with van der Waals surface area (Å²) >= 11 is 0. The lowest BCUT2D eigenvalue weighted by molar-refractivity contribution is -0.121. The predicted octanol–water partition coefficient (Wildman–Crippen LogP) is 3.59. The number of allylic oxidation sites excluding steroid dienone is 2. The van der Waals surface area contributed by atoms with Gasteiger partial charge >= 0.3 is 0 Å². The van der Waals surface area contributed by atoms with Gasteiger partial charge in [0, 0.05) is 12.3 Å². The Morgan fingerprint density at radius 1 is 1.23 bits per heavy atom. The zero-order valence-electron chi connectivity index (χ0n) is 9.34. The summed E-state index contributed by atoms with van der Waals surface area (Å²) in [5, 5.41) is 0. The van der Waals surface area contributed by atoms with Crippen molar-refractivity contribution in [2.24, 2.45) is 11.8 Å². The van der Waals surface area contributed by atoms with Crippen LogP contribution in [0, 0.1) is 11.8 Å². The van der Waals surface area contributed by atoms with Gasteiger partial charge in [0.15, 0.2) is 0 Å². The molecule has 0 radical (unpaired) electrons. The molecule has 0 unspecified atom stereocenters. The van der Waals surface area contributed by atoms with Crippen molar-refractivity contribution in [3.63, 3.8) is 0 Å². The molecule has 0 aliphatic rings. The Morgan fingerprint density at radius 3 is 2.31 bits per heavy atom. The second-order valence-electron chi connectivity index (χ2n) is 4.19. The largest absolute Gasteiger partial charge is 0.299 e. The summed E-state index contributed by atoms with van der Waals surface area (Å²) in [6, 6.07) is 0. The molecule has 0 aliphatic heterocycles. The lowest BCUT2D eigenvalue weighted by atomic mass is 10.0. The van der Waals surface area contributed by atoms with Crippen molar-refractivity contribution < 1.29 is 4.79 Å². The van der Waals surface area contributed by atoms with Crippen LogP contribution in [0.4, 0.5) is 0 Å². The molecule has 0 rings (SSSR count). The maximum Gasteiger partial charge on any atom is 0.135 e. The minimum Gasteiger partial charge on any atom is -0.299 e. The van der Waals surface area contributed by atoms with E-state index in [1.165, 1.54) is 0 Å². The van der Waals surface area contributed by atoms with E-state index in [1.54, 1.807) is 0 Å². The van der Waals surface area contributed by atoms with Crippen LogP contribution in [-0.4, -0.2) is 5.78 Å². The van der Waals surface area contributed by atoms with Crippen LogP contribution in [0.15, 0.2) is 12.2 Å². The van der Waals surface area contributed by atoms with E-state index in [1.807, 2.05) is 13.8 Å². The summed E-state index contributed by atoms with van der Waals surface area (Å²) in [6.45, 7) is 8.25. The monoisotopic (exact) mass is 182 g/mol. The van der Waals surface area contributed by atoms with Crippen molar-refractivity contribution in [3.05, 3.63) is 12.2 Å². The van der Waals surface area contributed by atoms with Gasteiger partial charge in [0.1, 0.15) is 5.78 Å². The zero-order chi connectivity index (χ0) is 10.3. The van der Waals surface area contributed by atoms with Gasteiger partial charge in [-0.05, 0) is 18.8 Å². The first-order valence-electron chi connectivity index (χ1n) is 5.23. The van der Waals surface area contributed by atoms with Crippen molar-refractivity contribution >= 4 is 5.78 Å². The average Bonchev–Trinajstić information content (AvgIpc) is 2.02. The minimum atomic E-state index is 0.203. The Balaban J connectivity index is 3.41. The number of unbranched alkanes of at least 4 members (excludes halogenated alkanes) is 1. The molecule has 1 heteroatoms. The molecule has 13 heavy (non-hydrogen) atoms. The molecule has 1 nitrogen and oxygen atoms in total. The standard InChI is InChI=1S/C12H22O/c1-10(2)8-6-5-7-9-12(13)11(3)4/h6,8,10-11H,5,7,9H2,1-4H3/b8-6+. The fraction of sp³-hybridized carbons (Fsp3) is 0.750.